The lowest BCUT2D eigenvalue weighted by molar-refractivity contribution is 0.0225. The molecule has 0 unspecified atom stereocenters. The molecule has 0 spiro atoms. The van der Waals surface area contributed by atoms with Crippen LogP contribution in [-0.2, 0) is 16.8 Å². The molecule has 1 aliphatic heterocycles. The Morgan fingerprint density at radius 2 is 1.88 bits per heavy atom. The fourth-order valence-corrected chi connectivity index (χ4v) is 4.12. The minimum absolute atomic E-state index is 0.267. The third-order valence-electron chi connectivity index (χ3n) is 5.73. The minimum Gasteiger partial charge on any atom is -0.491 e. The summed E-state index contributed by atoms with van der Waals surface area (Å²) in [7, 11) is 0. The van der Waals surface area contributed by atoms with Gasteiger partial charge in [0.2, 0.25) is 0 Å². The second kappa shape index (κ2) is 8.66. The number of amides is 2. The number of imidazole rings is 1. The summed E-state index contributed by atoms with van der Waals surface area (Å²) in [4.78, 5) is 32.2. The third-order valence-corrected chi connectivity index (χ3v) is 5.73. The molecule has 0 aliphatic carbocycles. The van der Waals surface area contributed by atoms with Gasteiger partial charge in [-0.2, -0.15) is 0 Å². The Morgan fingerprint density at radius 1 is 1.12 bits per heavy atom. The summed E-state index contributed by atoms with van der Waals surface area (Å²) in [6.45, 7) is 12.3. The van der Waals surface area contributed by atoms with Gasteiger partial charge in [0.25, 0.3) is 5.91 Å². The smallest absolute Gasteiger partial charge is 0.410 e. The molecule has 2 amide bonds. The van der Waals surface area contributed by atoms with Crippen molar-refractivity contribution in [3.05, 3.63) is 65.2 Å². The van der Waals surface area contributed by atoms with Gasteiger partial charge in [-0.25, -0.2) is 9.78 Å². The predicted octanol–water partition coefficient (Wildman–Crippen LogP) is 4.44. The fourth-order valence-electron chi connectivity index (χ4n) is 4.12. The van der Waals surface area contributed by atoms with Gasteiger partial charge in [0, 0.05) is 11.8 Å². The van der Waals surface area contributed by atoms with Gasteiger partial charge in [-0.3, -0.25) is 4.79 Å². The summed E-state index contributed by atoms with van der Waals surface area (Å²) in [6, 6.07) is 9.40. The van der Waals surface area contributed by atoms with E-state index in [0.717, 1.165) is 22.5 Å². The number of nitrogens with zero attached hydrogens (tertiary/aromatic N) is 3. The van der Waals surface area contributed by atoms with Crippen LogP contribution < -0.4 is 10.1 Å². The number of ether oxygens (including phenoxy) is 2. The van der Waals surface area contributed by atoms with E-state index in [4.69, 9.17) is 9.47 Å². The van der Waals surface area contributed by atoms with E-state index in [0.29, 0.717) is 24.4 Å². The molecule has 3 aromatic rings. The SMILES string of the molecule is Cc1cccn2c(C(C)(C)NC(=O)c3cccc4c3OCCN(C(=O)OC(C)(C)C)C4)ncc12. The highest BCUT2D eigenvalue weighted by Crippen LogP contribution is 2.30. The summed E-state index contributed by atoms with van der Waals surface area (Å²) in [5.74, 6) is 0.959. The van der Waals surface area contributed by atoms with Gasteiger partial charge in [-0.15, -0.1) is 0 Å². The van der Waals surface area contributed by atoms with E-state index in [1.165, 1.54) is 0 Å². The van der Waals surface area contributed by atoms with Gasteiger partial charge >= 0.3 is 6.09 Å². The van der Waals surface area contributed by atoms with E-state index in [9.17, 15) is 9.59 Å². The van der Waals surface area contributed by atoms with Crippen LogP contribution in [0.25, 0.3) is 5.52 Å². The van der Waals surface area contributed by atoms with Gasteiger partial charge < -0.3 is 24.1 Å². The highest BCUT2D eigenvalue weighted by molar-refractivity contribution is 5.98. The summed E-state index contributed by atoms with van der Waals surface area (Å²) < 4.78 is 13.5. The molecular weight excluding hydrogens is 432 g/mol. The Morgan fingerprint density at radius 3 is 2.62 bits per heavy atom. The van der Waals surface area contributed by atoms with Crippen molar-refractivity contribution in [1.82, 2.24) is 19.6 Å². The van der Waals surface area contributed by atoms with Crippen LogP contribution in [0.1, 0.15) is 61.9 Å². The van der Waals surface area contributed by atoms with Crippen molar-refractivity contribution in [3.63, 3.8) is 0 Å². The van der Waals surface area contributed by atoms with Crippen LogP contribution in [0.5, 0.6) is 5.75 Å². The molecule has 0 saturated carbocycles. The molecule has 1 N–H and O–H groups in total. The Hall–Kier alpha value is -3.55. The second-order valence-electron chi connectivity index (χ2n) is 10.2. The molecule has 0 fully saturated rings. The molecule has 180 valence electrons. The third kappa shape index (κ3) is 4.71. The first-order valence-electron chi connectivity index (χ1n) is 11.4. The van der Waals surface area contributed by atoms with E-state index < -0.39 is 17.2 Å². The number of benzene rings is 1. The van der Waals surface area contributed by atoms with Crippen LogP contribution in [0, 0.1) is 6.92 Å². The van der Waals surface area contributed by atoms with Crippen LogP contribution in [-0.4, -0.2) is 45.0 Å². The lowest BCUT2D eigenvalue weighted by Gasteiger charge is -2.26. The van der Waals surface area contributed by atoms with Crippen LogP contribution in [0.4, 0.5) is 4.79 Å². The maximum absolute atomic E-state index is 13.4. The maximum atomic E-state index is 13.4. The van der Waals surface area contributed by atoms with Crippen LogP contribution in [0.2, 0.25) is 0 Å². The average molecular weight is 465 g/mol. The molecule has 3 heterocycles. The number of rotatable bonds is 3. The topological polar surface area (TPSA) is 85.2 Å². The number of fused-ring (bicyclic) bond motifs is 2. The van der Waals surface area contributed by atoms with E-state index in [2.05, 4.69) is 10.3 Å². The van der Waals surface area contributed by atoms with Gasteiger partial charge in [-0.05, 0) is 59.2 Å². The molecule has 0 bridgehead atoms. The monoisotopic (exact) mass is 464 g/mol. The van der Waals surface area contributed by atoms with Crippen molar-refractivity contribution >= 4 is 17.5 Å². The number of aryl methyl sites for hydroxylation is 1. The van der Waals surface area contributed by atoms with E-state index >= 15 is 0 Å². The molecule has 0 saturated heterocycles. The zero-order valence-electron chi connectivity index (χ0n) is 20.6. The Balaban J connectivity index is 1.58. The predicted molar refractivity (Wildman–Crippen MR) is 129 cm³/mol. The quantitative estimate of drug-likeness (QED) is 0.620. The number of carbonyl (C=O) groups excluding carboxylic acids is 2. The molecule has 8 nitrogen and oxygen atoms in total. The lowest BCUT2D eigenvalue weighted by Crippen LogP contribution is -2.42. The van der Waals surface area contributed by atoms with Crippen molar-refractivity contribution in [2.45, 2.75) is 59.2 Å². The molecule has 1 aliphatic rings. The van der Waals surface area contributed by atoms with E-state index in [1.807, 2.05) is 76.5 Å². The Labute approximate surface area is 199 Å². The van der Waals surface area contributed by atoms with Crippen molar-refractivity contribution < 1.29 is 19.1 Å². The average Bonchev–Trinajstić information content (AvgIpc) is 3.07. The van der Waals surface area contributed by atoms with Crippen molar-refractivity contribution in [2.75, 3.05) is 13.2 Å². The first kappa shape index (κ1) is 23.6. The van der Waals surface area contributed by atoms with Crippen molar-refractivity contribution in [1.29, 1.82) is 0 Å². The number of hydrogen-bond acceptors (Lipinski definition) is 5. The highest BCUT2D eigenvalue weighted by Gasteiger charge is 2.31. The van der Waals surface area contributed by atoms with Crippen molar-refractivity contribution in [3.8, 4) is 5.75 Å². The minimum atomic E-state index is -0.743. The molecule has 34 heavy (non-hydrogen) atoms. The summed E-state index contributed by atoms with van der Waals surface area (Å²) in [6.07, 6.45) is 3.37. The standard InChI is InChI=1S/C26H32N4O4/c1-17-9-8-12-30-20(17)15-27-23(30)26(5,6)28-22(31)19-11-7-10-18-16-29(13-14-33-21(18)19)24(32)34-25(2,3)4/h7-12,15H,13-14,16H2,1-6H3,(H,28,31). The largest absolute Gasteiger partial charge is 0.491 e. The molecule has 2 aromatic heterocycles. The number of nitrogens with one attached hydrogen (secondary N) is 1. The summed E-state index contributed by atoms with van der Waals surface area (Å²) in [5, 5.41) is 3.11. The highest BCUT2D eigenvalue weighted by atomic mass is 16.6. The van der Waals surface area contributed by atoms with Crippen LogP contribution in [0.3, 0.4) is 0 Å². The Kier molecular flexibility index (Phi) is 6.02. The van der Waals surface area contributed by atoms with Crippen LogP contribution in [0.15, 0.2) is 42.7 Å². The molecular formula is C26H32N4O4. The summed E-state index contributed by atoms with van der Waals surface area (Å²) in [5.41, 5.74) is 1.96. The summed E-state index contributed by atoms with van der Waals surface area (Å²) >= 11 is 0. The second-order valence-corrected chi connectivity index (χ2v) is 10.2. The zero-order valence-corrected chi connectivity index (χ0v) is 20.6. The molecule has 1 aromatic carbocycles. The number of hydrogen-bond donors (Lipinski definition) is 1. The lowest BCUT2D eigenvalue weighted by atomic mass is 10.0. The molecule has 0 radical (unpaired) electrons. The van der Waals surface area contributed by atoms with E-state index in [-0.39, 0.29) is 12.5 Å². The van der Waals surface area contributed by atoms with Crippen LogP contribution >= 0.6 is 0 Å². The van der Waals surface area contributed by atoms with Gasteiger partial charge in [0.05, 0.1) is 35.9 Å². The first-order chi connectivity index (χ1) is 16.0. The molecule has 4 rings (SSSR count). The molecule has 8 heteroatoms. The van der Waals surface area contributed by atoms with E-state index in [1.54, 1.807) is 17.0 Å². The normalized spacial score (nSPS) is 14.2. The molecule has 0 atom stereocenters. The number of carbonyl (C=O) groups is 2. The van der Waals surface area contributed by atoms with Gasteiger partial charge in [0.15, 0.2) is 0 Å². The first-order valence-corrected chi connectivity index (χ1v) is 11.4. The fraction of sp³-hybridized carbons (Fsp3) is 0.423. The van der Waals surface area contributed by atoms with Gasteiger partial charge in [-0.1, -0.05) is 18.2 Å². The number of aromatic nitrogens is 2. The maximum Gasteiger partial charge on any atom is 0.410 e. The number of pyridine rings is 1. The Bertz CT molecular complexity index is 1240. The van der Waals surface area contributed by atoms with Gasteiger partial charge in [0.1, 0.15) is 23.8 Å². The zero-order chi connectivity index (χ0) is 24.7. The number of para-hydroxylation sites is 1. The van der Waals surface area contributed by atoms with Crippen molar-refractivity contribution in [2.24, 2.45) is 0 Å².